The number of rotatable bonds is 3. The van der Waals surface area contributed by atoms with Gasteiger partial charge in [0.05, 0.1) is 10.9 Å². The van der Waals surface area contributed by atoms with Gasteiger partial charge in [-0.25, -0.2) is 4.99 Å². The van der Waals surface area contributed by atoms with Gasteiger partial charge in [0.25, 0.3) is 5.91 Å². The first kappa shape index (κ1) is 14.2. The third-order valence-electron chi connectivity index (χ3n) is 3.25. The summed E-state index contributed by atoms with van der Waals surface area (Å²) < 4.78 is 0.719. The molecule has 1 aliphatic heterocycles. The summed E-state index contributed by atoms with van der Waals surface area (Å²) in [5.74, 6) is -2.34. The van der Waals surface area contributed by atoms with Crippen molar-refractivity contribution in [3.05, 3.63) is 48.9 Å². The van der Waals surface area contributed by atoms with E-state index in [1.165, 1.54) is 0 Å². The molecule has 0 fully saturated rings. The largest absolute Gasteiger partial charge is 0.493 e. The van der Waals surface area contributed by atoms with Gasteiger partial charge in [0.1, 0.15) is 11.4 Å². The zero-order chi connectivity index (χ0) is 16.0. The number of carbonyl (C=O) groups excluding carboxylic acids is 1. The summed E-state index contributed by atoms with van der Waals surface area (Å²) in [6, 6.07) is 5.23. The fraction of sp³-hybridized carbons (Fsp3) is 0.143. The van der Waals surface area contributed by atoms with Crippen LogP contribution in [0.15, 0.2) is 28.0 Å². The molecule has 2 heterocycles. The minimum absolute atomic E-state index is 0.0457. The number of aromatic hydroxyl groups is 1. The average molecular weight is 318 g/mol. The highest BCUT2D eigenvalue weighted by atomic mass is 32.1. The number of aromatic nitrogens is 1. The van der Waals surface area contributed by atoms with Crippen molar-refractivity contribution in [2.75, 3.05) is 0 Å². The normalized spacial score (nSPS) is 13.1. The number of carbonyl (C=O) groups is 2. The van der Waals surface area contributed by atoms with Gasteiger partial charge >= 0.3 is 10.8 Å². The molecule has 0 aliphatic carbocycles. The Labute approximate surface area is 127 Å². The van der Waals surface area contributed by atoms with E-state index in [1.807, 2.05) is 6.92 Å². The molecule has 2 N–H and O–H groups in total. The van der Waals surface area contributed by atoms with E-state index in [0.29, 0.717) is 21.9 Å². The van der Waals surface area contributed by atoms with Crippen LogP contribution in [0.25, 0.3) is 5.57 Å². The molecular formula is C14H10N2O5S. The molecule has 0 saturated carbocycles. The highest BCUT2D eigenvalue weighted by molar-refractivity contribution is 7.11. The number of thiazole rings is 1. The minimum Gasteiger partial charge on any atom is -0.493 e. The highest BCUT2D eigenvalue weighted by Crippen LogP contribution is 2.28. The summed E-state index contributed by atoms with van der Waals surface area (Å²) in [6.07, 6.45) is 0. The Hall–Kier alpha value is -2.74. The van der Waals surface area contributed by atoms with Gasteiger partial charge < -0.3 is 10.2 Å². The number of benzene rings is 1. The number of nitrogens with zero attached hydrogens (tertiary/aromatic N) is 2. The molecular weight excluding hydrogens is 308 g/mol. The number of hydrogen-bond acceptors (Lipinski definition) is 5. The van der Waals surface area contributed by atoms with Crippen LogP contribution in [-0.2, 0) is 16.1 Å². The lowest BCUT2D eigenvalue weighted by atomic mass is 10.1. The Morgan fingerprint density at radius 3 is 2.77 bits per heavy atom. The lowest BCUT2D eigenvalue weighted by Gasteiger charge is -2.01. The average Bonchev–Trinajstić information content (AvgIpc) is 2.88. The first-order valence-electron chi connectivity index (χ1n) is 6.27. The van der Waals surface area contributed by atoms with Crippen LogP contribution in [0.4, 0.5) is 0 Å². The SMILES string of the molecule is Cc1ccc2c(c1)=C(c1sc(=O)n(CC(=O)O)c1O)C(=O)N=2. The molecule has 3 rings (SSSR count). The maximum absolute atomic E-state index is 12.1. The molecule has 0 atom stereocenters. The molecule has 22 heavy (non-hydrogen) atoms. The third kappa shape index (κ3) is 2.13. The van der Waals surface area contributed by atoms with Crippen LogP contribution in [0, 0.1) is 6.92 Å². The van der Waals surface area contributed by atoms with E-state index in [9.17, 15) is 19.5 Å². The van der Waals surface area contributed by atoms with Crippen molar-refractivity contribution in [3.63, 3.8) is 0 Å². The van der Waals surface area contributed by atoms with Crippen LogP contribution in [0.5, 0.6) is 5.88 Å². The van der Waals surface area contributed by atoms with Gasteiger partial charge in [0.2, 0.25) is 5.88 Å². The van der Waals surface area contributed by atoms with E-state index < -0.39 is 29.2 Å². The quantitative estimate of drug-likeness (QED) is 0.783. The van der Waals surface area contributed by atoms with E-state index in [2.05, 4.69) is 4.99 Å². The fourth-order valence-corrected chi connectivity index (χ4v) is 3.22. The van der Waals surface area contributed by atoms with Gasteiger partial charge in [-0.1, -0.05) is 23.0 Å². The second-order valence-corrected chi connectivity index (χ2v) is 5.77. The van der Waals surface area contributed by atoms with Crippen molar-refractivity contribution in [1.29, 1.82) is 0 Å². The molecule has 1 aromatic carbocycles. The van der Waals surface area contributed by atoms with E-state index >= 15 is 0 Å². The first-order chi connectivity index (χ1) is 10.4. The Bertz CT molecular complexity index is 999. The van der Waals surface area contributed by atoms with Crippen LogP contribution >= 0.6 is 11.3 Å². The van der Waals surface area contributed by atoms with Crippen molar-refractivity contribution in [2.24, 2.45) is 4.99 Å². The number of fused-ring (bicyclic) bond motifs is 1. The van der Waals surface area contributed by atoms with E-state index in [-0.39, 0.29) is 10.5 Å². The van der Waals surface area contributed by atoms with Crippen molar-refractivity contribution >= 4 is 28.8 Å². The van der Waals surface area contributed by atoms with E-state index in [0.717, 1.165) is 10.1 Å². The van der Waals surface area contributed by atoms with Crippen molar-refractivity contribution < 1.29 is 19.8 Å². The Balaban J connectivity index is 2.31. The molecule has 112 valence electrons. The summed E-state index contributed by atoms with van der Waals surface area (Å²) in [5.41, 5.74) is 1.03. The van der Waals surface area contributed by atoms with Crippen LogP contribution in [0.3, 0.4) is 0 Å². The summed E-state index contributed by atoms with van der Waals surface area (Å²) >= 11 is 0.630. The fourth-order valence-electron chi connectivity index (χ4n) is 2.28. The molecule has 1 amide bonds. The van der Waals surface area contributed by atoms with E-state index in [4.69, 9.17) is 5.11 Å². The Kier molecular flexibility index (Phi) is 3.18. The third-order valence-corrected chi connectivity index (χ3v) is 4.23. The van der Waals surface area contributed by atoms with Gasteiger partial charge in [-0.05, 0) is 19.1 Å². The number of aryl methyl sites for hydroxylation is 1. The highest BCUT2D eigenvalue weighted by Gasteiger charge is 2.26. The summed E-state index contributed by atoms with van der Waals surface area (Å²) in [5, 5.41) is 19.9. The molecule has 1 aromatic heterocycles. The lowest BCUT2D eigenvalue weighted by Crippen LogP contribution is -2.23. The number of carboxylic acids is 1. The van der Waals surface area contributed by atoms with E-state index in [1.54, 1.807) is 18.2 Å². The number of amides is 1. The maximum atomic E-state index is 12.1. The second-order valence-electron chi connectivity index (χ2n) is 4.81. The molecule has 0 spiro atoms. The molecule has 2 aromatic rings. The number of hydrogen-bond donors (Lipinski definition) is 2. The van der Waals surface area contributed by atoms with Gasteiger partial charge in [0.15, 0.2) is 0 Å². The van der Waals surface area contributed by atoms with Crippen LogP contribution in [0.2, 0.25) is 0 Å². The Morgan fingerprint density at radius 2 is 2.09 bits per heavy atom. The summed E-state index contributed by atoms with van der Waals surface area (Å²) in [6.45, 7) is 1.18. The van der Waals surface area contributed by atoms with Gasteiger partial charge in [0, 0.05) is 5.22 Å². The summed E-state index contributed by atoms with van der Waals surface area (Å²) in [7, 11) is 0. The van der Waals surface area contributed by atoms with Crippen LogP contribution in [0.1, 0.15) is 10.4 Å². The minimum atomic E-state index is -1.26. The zero-order valence-corrected chi connectivity index (χ0v) is 12.2. The van der Waals surface area contributed by atoms with Gasteiger partial charge in [-0.15, -0.1) is 0 Å². The predicted octanol–water partition coefficient (Wildman–Crippen LogP) is -0.633. The molecule has 7 nitrogen and oxygen atoms in total. The standard InChI is InChI=1S/C14H10N2O5S/c1-6-2-3-8-7(4-6)10(12(19)15-8)11-13(20)16(5-9(17)18)14(21)22-11/h2-4,20H,5H2,1H3,(H,17,18). The Morgan fingerprint density at radius 1 is 1.36 bits per heavy atom. The number of aliphatic carboxylic acids is 1. The maximum Gasteiger partial charge on any atom is 0.323 e. The molecule has 8 heteroatoms. The smallest absolute Gasteiger partial charge is 0.323 e. The molecule has 0 saturated heterocycles. The van der Waals surface area contributed by atoms with Crippen molar-refractivity contribution in [1.82, 2.24) is 4.57 Å². The van der Waals surface area contributed by atoms with Crippen molar-refractivity contribution in [2.45, 2.75) is 13.5 Å². The summed E-state index contributed by atoms with van der Waals surface area (Å²) in [4.78, 5) is 38.0. The number of carboxylic acid groups (broad SMARTS) is 1. The lowest BCUT2D eigenvalue weighted by molar-refractivity contribution is -0.137. The first-order valence-corrected chi connectivity index (χ1v) is 7.09. The molecule has 0 unspecified atom stereocenters. The van der Waals surface area contributed by atoms with Crippen molar-refractivity contribution in [3.8, 4) is 5.88 Å². The van der Waals surface area contributed by atoms with Crippen LogP contribution < -0.4 is 15.4 Å². The second kappa shape index (κ2) is 4.92. The molecule has 1 aliphatic rings. The van der Waals surface area contributed by atoms with Crippen LogP contribution in [-0.4, -0.2) is 26.7 Å². The zero-order valence-electron chi connectivity index (χ0n) is 11.4. The van der Waals surface area contributed by atoms with Gasteiger partial charge in [-0.3, -0.25) is 19.0 Å². The molecule has 0 radical (unpaired) electrons. The molecule has 0 bridgehead atoms. The monoisotopic (exact) mass is 318 g/mol. The topological polar surface area (TPSA) is 109 Å². The van der Waals surface area contributed by atoms with Gasteiger partial charge in [-0.2, -0.15) is 0 Å². The predicted molar refractivity (Wildman–Crippen MR) is 77.4 cm³/mol.